The molecule has 6 heteroatoms. The third-order valence-corrected chi connectivity index (χ3v) is 1.42. The molecule has 0 aromatic rings. The van der Waals surface area contributed by atoms with Crippen molar-refractivity contribution >= 4 is 22.7 Å². The first-order valence-electron chi connectivity index (χ1n) is 1.10. The van der Waals surface area contributed by atoms with E-state index < -0.39 is 15.2 Å². The SMILES string of the molecule is O=S(=O)([O-])CS.[NH4+]. The second-order valence-corrected chi connectivity index (χ2v) is 2.83. The van der Waals surface area contributed by atoms with E-state index in [1.165, 1.54) is 0 Å². The summed E-state index contributed by atoms with van der Waals surface area (Å²) in [5.74, 6) is 0. The van der Waals surface area contributed by atoms with Gasteiger partial charge < -0.3 is 10.7 Å². The Morgan fingerprint density at radius 3 is 1.71 bits per heavy atom. The second-order valence-electron chi connectivity index (χ2n) is 0.687. The fourth-order valence-electron chi connectivity index (χ4n) is 0. The Morgan fingerprint density at radius 2 is 1.71 bits per heavy atom. The minimum Gasteiger partial charge on any atom is -0.747 e. The van der Waals surface area contributed by atoms with Crippen molar-refractivity contribution in [2.75, 3.05) is 5.08 Å². The van der Waals surface area contributed by atoms with Gasteiger partial charge in [0.25, 0.3) is 0 Å². The van der Waals surface area contributed by atoms with Crippen molar-refractivity contribution in [3.05, 3.63) is 0 Å². The van der Waals surface area contributed by atoms with Crippen molar-refractivity contribution in [2.24, 2.45) is 0 Å². The highest BCUT2D eigenvalue weighted by Crippen LogP contribution is 1.81. The molecular weight excluding hydrogens is 138 g/mol. The minimum absolute atomic E-state index is 0. The van der Waals surface area contributed by atoms with E-state index in [0.717, 1.165) is 0 Å². The van der Waals surface area contributed by atoms with Gasteiger partial charge in [-0.25, -0.2) is 8.42 Å². The van der Waals surface area contributed by atoms with Gasteiger partial charge in [-0.1, -0.05) is 0 Å². The summed E-state index contributed by atoms with van der Waals surface area (Å²) in [5, 5.41) is -0.618. The van der Waals surface area contributed by atoms with Crippen LogP contribution in [0.2, 0.25) is 0 Å². The van der Waals surface area contributed by atoms with Crippen LogP contribution in [0.1, 0.15) is 0 Å². The number of thiol groups is 1. The maximum absolute atomic E-state index is 9.37. The zero-order chi connectivity index (χ0) is 5.21. The fourth-order valence-corrected chi connectivity index (χ4v) is 0. The molecule has 0 bridgehead atoms. The molecule has 0 heterocycles. The van der Waals surface area contributed by atoms with Crippen LogP contribution in [0, 0.1) is 0 Å². The Labute approximate surface area is 47.7 Å². The smallest absolute Gasteiger partial charge is 0.104 e. The highest BCUT2D eigenvalue weighted by atomic mass is 32.3. The molecule has 0 saturated carbocycles. The van der Waals surface area contributed by atoms with Gasteiger partial charge in [-0.05, 0) is 0 Å². The molecule has 0 rings (SSSR count). The van der Waals surface area contributed by atoms with Crippen LogP contribution in [0.3, 0.4) is 0 Å². The van der Waals surface area contributed by atoms with Crippen LogP contribution in [0.15, 0.2) is 0 Å². The van der Waals surface area contributed by atoms with Gasteiger partial charge in [0.1, 0.15) is 10.1 Å². The Kier molecular flexibility index (Phi) is 4.76. The van der Waals surface area contributed by atoms with Crippen LogP contribution in [-0.4, -0.2) is 18.1 Å². The molecular formula is CH7NO3S2. The van der Waals surface area contributed by atoms with Gasteiger partial charge in [0, 0.05) is 0 Å². The Hall–Kier alpha value is 0.220. The first-order chi connectivity index (χ1) is 2.56. The van der Waals surface area contributed by atoms with Crippen molar-refractivity contribution in [2.45, 2.75) is 0 Å². The number of hydrogen-bond acceptors (Lipinski definition) is 4. The van der Waals surface area contributed by atoms with Crippen molar-refractivity contribution in [1.82, 2.24) is 6.15 Å². The van der Waals surface area contributed by atoms with Crippen molar-refractivity contribution < 1.29 is 13.0 Å². The van der Waals surface area contributed by atoms with Crippen LogP contribution in [-0.2, 0) is 10.1 Å². The Balaban J connectivity index is 0. The molecule has 0 saturated heterocycles. The maximum Gasteiger partial charge on any atom is 0.104 e. The summed E-state index contributed by atoms with van der Waals surface area (Å²) in [6.07, 6.45) is 0. The number of hydrogen-bond donors (Lipinski definition) is 2. The van der Waals surface area contributed by atoms with E-state index in [4.69, 9.17) is 0 Å². The summed E-state index contributed by atoms with van der Waals surface area (Å²) in [6.45, 7) is 0. The molecule has 0 aliphatic heterocycles. The third kappa shape index (κ3) is 10.7. The average molecular weight is 145 g/mol. The van der Waals surface area contributed by atoms with Crippen LogP contribution in [0.25, 0.3) is 0 Å². The van der Waals surface area contributed by atoms with Crippen molar-refractivity contribution in [3.63, 3.8) is 0 Å². The van der Waals surface area contributed by atoms with Gasteiger partial charge in [-0.2, -0.15) is 12.6 Å². The maximum atomic E-state index is 9.37. The fraction of sp³-hybridized carbons (Fsp3) is 1.00. The summed E-state index contributed by atoms with van der Waals surface area (Å²) in [5.41, 5.74) is 0. The molecule has 0 fully saturated rings. The summed E-state index contributed by atoms with van der Waals surface area (Å²) >= 11 is 3.20. The molecule has 4 N–H and O–H groups in total. The largest absolute Gasteiger partial charge is 0.747 e. The van der Waals surface area contributed by atoms with Crippen molar-refractivity contribution in [3.8, 4) is 0 Å². The lowest BCUT2D eigenvalue weighted by Gasteiger charge is -1.97. The molecule has 0 unspecified atom stereocenters. The van der Waals surface area contributed by atoms with Gasteiger partial charge in [0.15, 0.2) is 0 Å². The molecule has 0 radical (unpaired) electrons. The van der Waals surface area contributed by atoms with Gasteiger partial charge in [-0.3, -0.25) is 0 Å². The molecule has 0 aromatic heterocycles. The normalized spacial score (nSPS) is 10.0. The summed E-state index contributed by atoms with van der Waals surface area (Å²) < 4.78 is 28.1. The van der Waals surface area contributed by atoms with Gasteiger partial charge in [0.05, 0.1) is 5.08 Å². The monoisotopic (exact) mass is 145 g/mol. The van der Waals surface area contributed by atoms with Crippen LogP contribution in [0.5, 0.6) is 0 Å². The third-order valence-electron chi connectivity index (χ3n) is 0.158. The lowest BCUT2D eigenvalue weighted by atomic mass is 11.9. The molecule has 0 aliphatic rings. The summed E-state index contributed by atoms with van der Waals surface area (Å²) in [7, 11) is -4.05. The van der Waals surface area contributed by atoms with E-state index in [-0.39, 0.29) is 6.15 Å². The standard InChI is InChI=1S/CH4O3S2.H3N/c2-6(3,4)1-5;/h5H,1H2,(H,2,3,4);1H3. The first kappa shape index (κ1) is 10.3. The second kappa shape index (κ2) is 3.25. The predicted molar refractivity (Wildman–Crippen MR) is 29.5 cm³/mol. The molecule has 0 aromatic carbocycles. The zero-order valence-electron chi connectivity index (χ0n) is 3.79. The van der Waals surface area contributed by atoms with E-state index in [0.29, 0.717) is 0 Å². The van der Waals surface area contributed by atoms with Gasteiger partial charge >= 0.3 is 0 Å². The minimum atomic E-state index is -4.05. The van der Waals surface area contributed by atoms with Crippen LogP contribution >= 0.6 is 12.6 Å². The summed E-state index contributed by atoms with van der Waals surface area (Å²) in [6, 6.07) is 0. The number of quaternary nitrogens is 1. The highest BCUT2D eigenvalue weighted by molar-refractivity contribution is 8.00. The van der Waals surface area contributed by atoms with Crippen LogP contribution in [0.4, 0.5) is 0 Å². The molecule has 7 heavy (non-hydrogen) atoms. The van der Waals surface area contributed by atoms with E-state index in [2.05, 4.69) is 12.6 Å². The van der Waals surface area contributed by atoms with E-state index in [1.54, 1.807) is 0 Å². The summed E-state index contributed by atoms with van der Waals surface area (Å²) in [4.78, 5) is 0. The molecule has 46 valence electrons. The molecule has 0 spiro atoms. The van der Waals surface area contributed by atoms with Crippen LogP contribution < -0.4 is 6.15 Å². The Morgan fingerprint density at radius 1 is 1.57 bits per heavy atom. The lowest BCUT2D eigenvalue weighted by Crippen LogP contribution is -1.96. The van der Waals surface area contributed by atoms with E-state index in [9.17, 15) is 13.0 Å². The van der Waals surface area contributed by atoms with E-state index >= 15 is 0 Å². The molecule has 0 amide bonds. The highest BCUT2D eigenvalue weighted by Gasteiger charge is 1.81. The zero-order valence-corrected chi connectivity index (χ0v) is 5.50. The van der Waals surface area contributed by atoms with Crippen molar-refractivity contribution in [1.29, 1.82) is 0 Å². The Bertz CT molecular complexity index is 115. The molecule has 0 aliphatic carbocycles. The first-order valence-corrected chi connectivity index (χ1v) is 3.31. The molecule has 4 nitrogen and oxygen atoms in total. The molecule has 0 atom stereocenters. The predicted octanol–water partition coefficient (Wildman–Crippen LogP) is -0.205. The number of rotatable bonds is 1. The quantitative estimate of drug-likeness (QED) is 0.395. The topological polar surface area (TPSA) is 93.7 Å². The van der Waals surface area contributed by atoms with E-state index in [1.807, 2.05) is 0 Å². The van der Waals surface area contributed by atoms with Gasteiger partial charge in [-0.15, -0.1) is 0 Å². The lowest BCUT2D eigenvalue weighted by molar-refractivity contribution is 0.469. The average Bonchev–Trinajstić information content (AvgIpc) is 1.35. The van der Waals surface area contributed by atoms with Gasteiger partial charge in [0.2, 0.25) is 0 Å².